The third-order valence-corrected chi connectivity index (χ3v) is 3.32. The quantitative estimate of drug-likeness (QED) is 0.926. The molecule has 1 unspecified atom stereocenters. The maximum Gasteiger partial charge on any atom is 0.416 e. The van der Waals surface area contributed by atoms with Gasteiger partial charge in [0, 0.05) is 5.56 Å². The van der Waals surface area contributed by atoms with Crippen molar-refractivity contribution < 1.29 is 17.9 Å². The average Bonchev–Trinajstić information content (AvgIpc) is 2.45. The molecule has 0 radical (unpaired) electrons. The summed E-state index contributed by atoms with van der Waals surface area (Å²) >= 11 is 0. The van der Waals surface area contributed by atoms with Crippen LogP contribution in [-0.4, -0.2) is 7.11 Å². The van der Waals surface area contributed by atoms with Crippen molar-refractivity contribution in [3.63, 3.8) is 0 Å². The largest absolute Gasteiger partial charge is 0.496 e. The Morgan fingerprint density at radius 2 is 1.67 bits per heavy atom. The third-order valence-electron chi connectivity index (χ3n) is 3.32. The van der Waals surface area contributed by atoms with Crippen LogP contribution in [0.3, 0.4) is 0 Å². The van der Waals surface area contributed by atoms with Gasteiger partial charge in [0.15, 0.2) is 0 Å². The summed E-state index contributed by atoms with van der Waals surface area (Å²) in [5, 5.41) is 0. The third kappa shape index (κ3) is 3.36. The van der Waals surface area contributed by atoms with Crippen LogP contribution in [0.1, 0.15) is 28.3 Å². The van der Waals surface area contributed by atoms with Crippen molar-refractivity contribution in [3.8, 4) is 5.75 Å². The molecule has 0 fully saturated rings. The molecule has 0 saturated heterocycles. The van der Waals surface area contributed by atoms with Gasteiger partial charge in [0.1, 0.15) is 5.75 Å². The lowest BCUT2D eigenvalue weighted by molar-refractivity contribution is -0.137. The number of aryl methyl sites for hydroxylation is 1. The van der Waals surface area contributed by atoms with Gasteiger partial charge in [-0.05, 0) is 36.2 Å². The summed E-state index contributed by atoms with van der Waals surface area (Å²) in [4.78, 5) is 0. The van der Waals surface area contributed by atoms with E-state index in [-0.39, 0.29) is 0 Å². The molecule has 0 aliphatic rings. The van der Waals surface area contributed by atoms with E-state index in [1.165, 1.54) is 19.2 Å². The molecule has 0 aliphatic heterocycles. The SMILES string of the molecule is COc1cc(C)ccc1C(N)c1ccc(C(F)(F)F)cc1. The van der Waals surface area contributed by atoms with E-state index in [1.54, 1.807) is 0 Å². The fourth-order valence-electron chi connectivity index (χ4n) is 2.13. The van der Waals surface area contributed by atoms with Gasteiger partial charge in [-0.1, -0.05) is 24.3 Å². The molecule has 2 nitrogen and oxygen atoms in total. The molecule has 0 amide bonds. The lowest BCUT2D eigenvalue weighted by Crippen LogP contribution is -2.14. The number of hydrogen-bond acceptors (Lipinski definition) is 2. The van der Waals surface area contributed by atoms with Gasteiger partial charge >= 0.3 is 6.18 Å². The Balaban J connectivity index is 2.34. The molecule has 112 valence electrons. The lowest BCUT2D eigenvalue weighted by atomic mass is 9.97. The van der Waals surface area contributed by atoms with Crippen LogP contribution in [0.15, 0.2) is 42.5 Å². The molecular formula is C16H16F3NO. The van der Waals surface area contributed by atoms with E-state index >= 15 is 0 Å². The fourth-order valence-corrected chi connectivity index (χ4v) is 2.13. The summed E-state index contributed by atoms with van der Waals surface area (Å²) in [5.41, 5.74) is 7.82. The Hall–Kier alpha value is -2.01. The van der Waals surface area contributed by atoms with Gasteiger partial charge < -0.3 is 10.5 Å². The van der Waals surface area contributed by atoms with Crippen LogP contribution in [0.4, 0.5) is 13.2 Å². The number of alkyl halides is 3. The molecule has 2 aromatic carbocycles. The summed E-state index contributed by atoms with van der Waals surface area (Å²) in [7, 11) is 1.54. The van der Waals surface area contributed by atoms with Crippen molar-refractivity contribution in [3.05, 3.63) is 64.7 Å². The first-order valence-electron chi connectivity index (χ1n) is 6.40. The smallest absolute Gasteiger partial charge is 0.416 e. The van der Waals surface area contributed by atoms with E-state index in [1.807, 2.05) is 25.1 Å². The minimum atomic E-state index is -4.34. The summed E-state index contributed by atoms with van der Waals surface area (Å²) in [5.74, 6) is 0.627. The lowest BCUT2D eigenvalue weighted by Gasteiger charge is -2.17. The summed E-state index contributed by atoms with van der Waals surface area (Å²) in [6, 6.07) is 9.89. The highest BCUT2D eigenvalue weighted by Gasteiger charge is 2.30. The Labute approximate surface area is 121 Å². The zero-order valence-corrected chi connectivity index (χ0v) is 11.7. The van der Waals surface area contributed by atoms with E-state index in [4.69, 9.17) is 10.5 Å². The van der Waals surface area contributed by atoms with Crippen LogP contribution in [0.2, 0.25) is 0 Å². The van der Waals surface area contributed by atoms with Crippen molar-refractivity contribution in [1.82, 2.24) is 0 Å². The van der Waals surface area contributed by atoms with E-state index in [0.717, 1.165) is 23.3 Å². The molecule has 5 heteroatoms. The van der Waals surface area contributed by atoms with Crippen molar-refractivity contribution in [2.24, 2.45) is 5.73 Å². The molecule has 0 saturated carbocycles. The maximum absolute atomic E-state index is 12.6. The maximum atomic E-state index is 12.6. The van der Waals surface area contributed by atoms with Gasteiger partial charge in [-0.25, -0.2) is 0 Å². The van der Waals surface area contributed by atoms with E-state index in [2.05, 4.69) is 0 Å². The second-order valence-electron chi connectivity index (χ2n) is 4.84. The first kappa shape index (κ1) is 15.4. The minimum Gasteiger partial charge on any atom is -0.496 e. The highest BCUT2D eigenvalue weighted by molar-refractivity contribution is 5.44. The van der Waals surface area contributed by atoms with Gasteiger partial charge in [-0.15, -0.1) is 0 Å². The van der Waals surface area contributed by atoms with E-state index < -0.39 is 17.8 Å². The molecule has 2 aromatic rings. The molecule has 0 aromatic heterocycles. The molecule has 2 N–H and O–H groups in total. The van der Waals surface area contributed by atoms with Crippen molar-refractivity contribution >= 4 is 0 Å². The predicted molar refractivity (Wildman–Crippen MR) is 75.2 cm³/mol. The second-order valence-corrected chi connectivity index (χ2v) is 4.84. The molecule has 1 atom stereocenters. The molecule has 0 spiro atoms. The number of ether oxygens (including phenoxy) is 1. The van der Waals surface area contributed by atoms with Crippen LogP contribution in [0.25, 0.3) is 0 Å². The zero-order chi connectivity index (χ0) is 15.6. The minimum absolute atomic E-state index is 0.539. The highest BCUT2D eigenvalue weighted by Crippen LogP contribution is 2.32. The highest BCUT2D eigenvalue weighted by atomic mass is 19.4. The van der Waals surface area contributed by atoms with Gasteiger partial charge in [0.05, 0.1) is 18.7 Å². The number of rotatable bonds is 3. The number of nitrogens with two attached hydrogens (primary N) is 1. The second kappa shape index (κ2) is 5.77. The summed E-state index contributed by atoms with van der Waals surface area (Å²) in [6.45, 7) is 1.93. The molecule has 2 rings (SSSR count). The number of halogens is 3. The number of hydrogen-bond donors (Lipinski definition) is 1. The standard InChI is InChI=1S/C16H16F3NO/c1-10-3-8-13(14(9-10)21-2)15(20)11-4-6-12(7-5-11)16(17,18)19/h3-9,15H,20H2,1-2H3. The topological polar surface area (TPSA) is 35.2 Å². The first-order chi connectivity index (χ1) is 9.82. The monoisotopic (exact) mass is 295 g/mol. The Kier molecular flexibility index (Phi) is 4.23. The van der Waals surface area contributed by atoms with Gasteiger partial charge in [-0.3, -0.25) is 0 Å². The molecule has 0 heterocycles. The number of benzene rings is 2. The normalized spacial score (nSPS) is 13.0. The van der Waals surface area contributed by atoms with Crippen LogP contribution in [0.5, 0.6) is 5.75 Å². The van der Waals surface area contributed by atoms with Crippen LogP contribution in [0, 0.1) is 6.92 Å². The summed E-state index contributed by atoms with van der Waals surface area (Å²) in [6.07, 6.45) is -4.34. The molecule has 0 bridgehead atoms. The average molecular weight is 295 g/mol. The van der Waals surface area contributed by atoms with Crippen molar-refractivity contribution in [2.45, 2.75) is 19.1 Å². The summed E-state index contributed by atoms with van der Waals surface area (Å²) < 4.78 is 43.0. The molecular weight excluding hydrogens is 279 g/mol. The van der Waals surface area contributed by atoms with Crippen LogP contribution in [-0.2, 0) is 6.18 Å². The Morgan fingerprint density at radius 3 is 2.19 bits per heavy atom. The van der Waals surface area contributed by atoms with Crippen molar-refractivity contribution in [2.75, 3.05) is 7.11 Å². The molecule has 21 heavy (non-hydrogen) atoms. The van der Waals surface area contributed by atoms with Gasteiger partial charge in [-0.2, -0.15) is 13.2 Å². The van der Waals surface area contributed by atoms with Gasteiger partial charge in [0.2, 0.25) is 0 Å². The predicted octanol–water partition coefficient (Wildman–Crippen LogP) is 4.07. The first-order valence-corrected chi connectivity index (χ1v) is 6.40. The van der Waals surface area contributed by atoms with Crippen LogP contribution >= 0.6 is 0 Å². The van der Waals surface area contributed by atoms with E-state index in [0.29, 0.717) is 11.3 Å². The molecule has 0 aliphatic carbocycles. The van der Waals surface area contributed by atoms with Crippen molar-refractivity contribution in [1.29, 1.82) is 0 Å². The number of methoxy groups -OCH3 is 1. The Bertz CT molecular complexity index is 620. The zero-order valence-electron chi connectivity index (χ0n) is 11.7. The Morgan fingerprint density at radius 1 is 1.05 bits per heavy atom. The fraction of sp³-hybridized carbons (Fsp3) is 0.250. The van der Waals surface area contributed by atoms with E-state index in [9.17, 15) is 13.2 Å². The van der Waals surface area contributed by atoms with Gasteiger partial charge in [0.25, 0.3) is 0 Å². The van der Waals surface area contributed by atoms with Crippen LogP contribution < -0.4 is 10.5 Å².